The van der Waals surface area contributed by atoms with Crippen LogP contribution in [0, 0.1) is 46.8 Å². The molecule has 22 heavy (non-hydrogen) atoms. The third-order valence-corrected chi connectivity index (χ3v) is 8.75. The quantitative estimate of drug-likeness (QED) is 0.627. The molecule has 4 saturated carbocycles. The van der Waals surface area contributed by atoms with Crippen LogP contribution in [-0.4, -0.2) is 5.78 Å². The van der Waals surface area contributed by atoms with E-state index in [2.05, 4.69) is 20.8 Å². The van der Waals surface area contributed by atoms with E-state index in [-0.39, 0.29) is 0 Å². The molecule has 1 nitrogen and oxygen atoms in total. The summed E-state index contributed by atoms with van der Waals surface area (Å²) in [6.07, 6.45) is 11.9. The van der Waals surface area contributed by atoms with Crippen LogP contribution in [0.25, 0.3) is 0 Å². The number of fused-ring (bicyclic) bond motifs is 5. The lowest BCUT2D eigenvalue weighted by atomic mass is 9.49. The molecule has 0 N–H and O–H groups in total. The highest BCUT2D eigenvalue weighted by Crippen LogP contribution is 2.64. The number of ketones is 1. The van der Waals surface area contributed by atoms with Crippen LogP contribution in [0.3, 0.4) is 0 Å². The van der Waals surface area contributed by atoms with E-state index in [1.54, 1.807) is 0 Å². The first-order chi connectivity index (χ1) is 10.5. The van der Waals surface area contributed by atoms with Gasteiger partial charge in [0.2, 0.25) is 0 Å². The van der Waals surface area contributed by atoms with Gasteiger partial charge in [-0.05, 0) is 79.4 Å². The van der Waals surface area contributed by atoms with Crippen molar-refractivity contribution in [2.24, 2.45) is 46.8 Å². The van der Waals surface area contributed by atoms with Crippen molar-refractivity contribution in [2.45, 2.75) is 78.6 Å². The molecule has 8 atom stereocenters. The van der Waals surface area contributed by atoms with Crippen molar-refractivity contribution in [3.8, 4) is 0 Å². The van der Waals surface area contributed by atoms with Gasteiger partial charge in [-0.1, -0.05) is 33.6 Å². The molecule has 0 bridgehead atoms. The van der Waals surface area contributed by atoms with E-state index in [1.807, 2.05) is 0 Å². The monoisotopic (exact) mass is 302 g/mol. The highest BCUT2D eigenvalue weighted by atomic mass is 16.1. The summed E-state index contributed by atoms with van der Waals surface area (Å²) in [7, 11) is 0. The van der Waals surface area contributed by atoms with Gasteiger partial charge in [0, 0.05) is 12.3 Å². The van der Waals surface area contributed by atoms with Gasteiger partial charge < -0.3 is 0 Å². The van der Waals surface area contributed by atoms with E-state index in [4.69, 9.17) is 0 Å². The van der Waals surface area contributed by atoms with E-state index < -0.39 is 0 Å². The normalized spacial score (nSPS) is 54.5. The smallest absolute Gasteiger partial charge is 0.136 e. The van der Waals surface area contributed by atoms with E-state index in [9.17, 15) is 4.79 Å². The van der Waals surface area contributed by atoms with Gasteiger partial charge in [-0.15, -0.1) is 0 Å². The second-order valence-electron chi connectivity index (χ2n) is 9.52. The fraction of sp³-hybridized carbons (Fsp3) is 0.952. The number of hydrogen-bond acceptors (Lipinski definition) is 1. The highest BCUT2D eigenvalue weighted by molar-refractivity contribution is 5.82. The molecule has 4 fully saturated rings. The van der Waals surface area contributed by atoms with Gasteiger partial charge >= 0.3 is 0 Å². The molecular weight excluding hydrogens is 268 g/mol. The Morgan fingerprint density at radius 2 is 1.86 bits per heavy atom. The third-order valence-electron chi connectivity index (χ3n) is 8.75. The number of hydrogen-bond donors (Lipinski definition) is 0. The summed E-state index contributed by atoms with van der Waals surface area (Å²) in [5.41, 5.74) is 0.561. The summed E-state index contributed by atoms with van der Waals surface area (Å²) in [6.45, 7) is 7.32. The van der Waals surface area contributed by atoms with Crippen LogP contribution in [-0.2, 0) is 4.79 Å². The van der Waals surface area contributed by atoms with E-state index in [1.165, 1.54) is 51.4 Å². The molecule has 0 radical (unpaired) electrons. The van der Waals surface area contributed by atoms with Crippen LogP contribution in [0.5, 0.6) is 0 Å². The molecule has 124 valence electrons. The maximum absolute atomic E-state index is 12.9. The first-order valence-corrected chi connectivity index (χ1v) is 10.1. The zero-order valence-electron chi connectivity index (χ0n) is 14.8. The van der Waals surface area contributed by atoms with Crippen LogP contribution in [0.1, 0.15) is 78.6 Å². The van der Waals surface area contributed by atoms with Gasteiger partial charge in [-0.2, -0.15) is 0 Å². The van der Waals surface area contributed by atoms with Crippen molar-refractivity contribution in [1.29, 1.82) is 0 Å². The highest BCUT2D eigenvalue weighted by Gasteiger charge is 2.57. The van der Waals surface area contributed by atoms with Crippen LogP contribution >= 0.6 is 0 Å². The molecule has 0 aliphatic heterocycles. The fourth-order valence-corrected chi connectivity index (χ4v) is 7.59. The maximum atomic E-state index is 12.9. The van der Waals surface area contributed by atoms with Crippen LogP contribution in [0.15, 0.2) is 0 Å². The summed E-state index contributed by atoms with van der Waals surface area (Å²) in [4.78, 5) is 12.9. The Hall–Kier alpha value is -0.330. The molecule has 0 spiro atoms. The van der Waals surface area contributed by atoms with Gasteiger partial charge in [-0.3, -0.25) is 4.79 Å². The molecular formula is C21H34O. The molecule has 4 rings (SSSR count). The molecule has 4 aliphatic rings. The Morgan fingerprint density at radius 3 is 2.64 bits per heavy atom. The second-order valence-corrected chi connectivity index (χ2v) is 9.52. The molecule has 0 amide bonds. The summed E-state index contributed by atoms with van der Waals surface area (Å²) in [5.74, 6) is 6.07. The van der Waals surface area contributed by atoms with E-state index >= 15 is 0 Å². The lowest BCUT2D eigenvalue weighted by molar-refractivity contribution is -0.141. The summed E-state index contributed by atoms with van der Waals surface area (Å²) >= 11 is 0. The zero-order valence-corrected chi connectivity index (χ0v) is 14.8. The molecule has 7 unspecified atom stereocenters. The van der Waals surface area contributed by atoms with E-state index in [0.717, 1.165) is 41.9 Å². The Balaban J connectivity index is 1.60. The van der Waals surface area contributed by atoms with Crippen molar-refractivity contribution in [1.82, 2.24) is 0 Å². The standard InChI is InChI=1S/C21H34O/c1-4-14-6-8-19-17-12-20(22)18-11-13(2)5-7-15(18)16(17)9-10-21(14,19)3/h13-19H,4-12H2,1-3H3/t13?,14?,15?,16?,17?,18?,19?,21-/m1/s1. The van der Waals surface area contributed by atoms with Crippen molar-refractivity contribution in [2.75, 3.05) is 0 Å². The summed E-state index contributed by atoms with van der Waals surface area (Å²) in [5, 5.41) is 0. The molecule has 0 aromatic rings. The third kappa shape index (κ3) is 2.06. The van der Waals surface area contributed by atoms with Crippen LogP contribution in [0.2, 0.25) is 0 Å². The van der Waals surface area contributed by atoms with Gasteiger partial charge in [0.15, 0.2) is 0 Å². The Morgan fingerprint density at radius 1 is 1.05 bits per heavy atom. The summed E-state index contributed by atoms with van der Waals surface area (Å²) < 4.78 is 0. The zero-order chi connectivity index (χ0) is 15.5. The number of rotatable bonds is 1. The van der Waals surface area contributed by atoms with Crippen molar-refractivity contribution in [3.05, 3.63) is 0 Å². The topological polar surface area (TPSA) is 17.1 Å². The molecule has 4 aliphatic carbocycles. The Bertz CT molecular complexity index is 455. The second kappa shape index (κ2) is 5.35. The van der Waals surface area contributed by atoms with Crippen LogP contribution in [0.4, 0.5) is 0 Å². The molecule has 0 aromatic heterocycles. The largest absolute Gasteiger partial charge is 0.299 e. The number of carbonyl (C=O) groups excluding carboxylic acids is 1. The Kier molecular flexibility index (Phi) is 3.70. The lowest BCUT2D eigenvalue weighted by Crippen LogP contribution is -2.51. The number of Topliss-reactive ketones (excluding diaryl/α,β-unsaturated/α-hetero) is 1. The maximum Gasteiger partial charge on any atom is 0.136 e. The average molecular weight is 303 g/mol. The summed E-state index contributed by atoms with van der Waals surface area (Å²) in [6, 6.07) is 0. The SMILES string of the molecule is CCC1CCC2C3CC(=O)C4CC(C)CCC4C3CC[C@]12C. The van der Waals surface area contributed by atoms with Gasteiger partial charge in [-0.25, -0.2) is 0 Å². The van der Waals surface area contributed by atoms with Gasteiger partial charge in [0.25, 0.3) is 0 Å². The van der Waals surface area contributed by atoms with E-state index in [0.29, 0.717) is 17.1 Å². The number of carbonyl (C=O) groups is 1. The molecule has 0 aromatic carbocycles. The van der Waals surface area contributed by atoms with Gasteiger partial charge in [0.05, 0.1) is 0 Å². The van der Waals surface area contributed by atoms with Crippen LogP contribution < -0.4 is 0 Å². The lowest BCUT2D eigenvalue weighted by Gasteiger charge is -2.55. The van der Waals surface area contributed by atoms with Gasteiger partial charge in [0.1, 0.15) is 5.78 Å². The average Bonchev–Trinajstić information content (AvgIpc) is 2.84. The molecule has 0 saturated heterocycles. The molecule has 1 heteroatoms. The van der Waals surface area contributed by atoms with Crippen molar-refractivity contribution < 1.29 is 4.79 Å². The fourth-order valence-electron chi connectivity index (χ4n) is 7.59. The minimum atomic E-state index is 0.442. The minimum Gasteiger partial charge on any atom is -0.299 e. The predicted molar refractivity (Wildman–Crippen MR) is 90.4 cm³/mol. The first-order valence-electron chi connectivity index (χ1n) is 10.1. The first kappa shape index (κ1) is 15.2. The molecule has 0 heterocycles. The predicted octanol–water partition coefficient (Wildman–Crippen LogP) is 5.48. The Labute approximate surface area is 136 Å². The van der Waals surface area contributed by atoms with Crippen molar-refractivity contribution in [3.63, 3.8) is 0 Å². The minimum absolute atomic E-state index is 0.442. The van der Waals surface area contributed by atoms with Crippen molar-refractivity contribution >= 4 is 5.78 Å².